The summed E-state index contributed by atoms with van der Waals surface area (Å²) in [5, 5.41) is 10.4. The number of hydrogen-bond donors (Lipinski definition) is 2. The lowest BCUT2D eigenvalue weighted by Gasteiger charge is -2.35. The van der Waals surface area contributed by atoms with Crippen LogP contribution in [0, 0.1) is 0 Å². The highest BCUT2D eigenvalue weighted by molar-refractivity contribution is 4.92. The molecule has 0 saturated carbocycles. The van der Waals surface area contributed by atoms with Gasteiger partial charge < -0.3 is 5.11 Å². The summed E-state index contributed by atoms with van der Waals surface area (Å²) in [6, 6.07) is -4.60. The summed E-state index contributed by atoms with van der Waals surface area (Å²) in [6.07, 6.45) is -12.6. The maximum Gasteiger partial charge on any atom is 0.403 e. The molecule has 2 nitrogen and oxygen atoms in total. The van der Waals surface area contributed by atoms with Gasteiger partial charge in [0.15, 0.2) is 0 Å². The van der Waals surface area contributed by atoms with Gasteiger partial charge in [-0.3, -0.25) is 5.32 Å². The van der Waals surface area contributed by atoms with Crippen molar-refractivity contribution < 1.29 is 31.4 Å². The molecule has 1 aliphatic heterocycles. The van der Waals surface area contributed by atoms with Crippen LogP contribution in [0.2, 0.25) is 0 Å². The summed E-state index contributed by atoms with van der Waals surface area (Å²) in [5.41, 5.74) is 0. The Morgan fingerprint density at radius 2 is 1.20 bits per heavy atom. The first kappa shape index (κ1) is 12.6. The first-order chi connectivity index (χ1) is 6.60. The second kappa shape index (κ2) is 3.82. The Morgan fingerprint density at radius 1 is 0.867 bits per heavy atom. The van der Waals surface area contributed by atoms with Crippen molar-refractivity contribution in [2.75, 3.05) is 0 Å². The number of hydrogen-bond acceptors (Lipinski definition) is 2. The normalized spacial score (nSPS) is 34.2. The molecule has 0 aliphatic carbocycles. The molecule has 0 aromatic rings. The molecule has 2 N–H and O–H groups in total. The van der Waals surface area contributed by atoms with Crippen LogP contribution in [0.5, 0.6) is 0 Å². The second-order valence-corrected chi connectivity index (χ2v) is 3.48. The van der Waals surface area contributed by atoms with E-state index in [0.717, 1.165) is 0 Å². The minimum Gasteiger partial charge on any atom is -0.393 e. The Kier molecular flexibility index (Phi) is 3.20. The van der Waals surface area contributed by atoms with Crippen molar-refractivity contribution >= 4 is 0 Å². The third-order valence-electron chi connectivity index (χ3n) is 2.21. The van der Waals surface area contributed by atoms with Gasteiger partial charge in [-0.2, -0.15) is 26.3 Å². The molecule has 1 fully saturated rings. The average Bonchev–Trinajstić information content (AvgIpc) is 1.99. The first-order valence-electron chi connectivity index (χ1n) is 4.18. The van der Waals surface area contributed by atoms with Crippen LogP contribution in [0.15, 0.2) is 0 Å². The molecule has 15 heavy (non-hydrogen) atoms. The van der Waals surface area contributed by atoms with Gasteiger partial charge in [-0.05, 0) is 12.8 Å². The monoisotopic (exact) mass is 237 g/mol. The van der Waals surface area contributed by atoms with Gasteiger partial charge in [0, 0.05) is 0 Å². The van der Waals surface area contributed by atoms with Gasteiger partial charge in [0.05, 0.1) is 6.10 Å². The zero-order valence-electron chi connectivity index (χ0n) is 7.36. The fourth-order valence-electron chi connectivity index (χ4n) is 1.48. The molecule has 1 aliphatic rings. The van der Waals surface area contributed by atoms with Crippen LogP contribution in [0.25, 0.3) is 0 Å². The van der Waals surface area contributed by atoms with Crippen molar-refractivity contribution in [3.05, 3.63) is 0 Å². The standard InChI is InChI=1S/C7H9F6NO/c8-6(9,10)4-1-3(15)2-5(14-4)7(11,12)13/h3-5,14-15H,1-2H2. The van der Waals surface area contributed by atoms with E-state index in [-0.39, 0.29) is 0 Å². The number of aliphatic hydroxyl groups is 1. The van der Waals surface area contributed by atoms with Crippen LogP contribution < -0.4 is 5.32 Å². The molecule has 1 heterocycles. The molecule has 0 aromatic heterocycles. The number of piperidine rings is 1. The van der Waals surface area contributed by atoms with Crippen LogP contribution >= 0.6 is 0 Å². The molecule has 2 unspecified atom stereocenters. The van der Waals surface area contributed by atoms with E-state index < -0.39 is 43.4 Å². The van der Waals surface area contributed by atoms with Crippen molar-refractivity contribution in [1.29, 1.82) is 0 Å². The molecule has 8 heteroatoms. The topological polar surface area (TPSA) is 32.3 Å². The average molecular weight is 237 g/mol. The van der Waals surface area contributed by atoms with Crippen molar-refractivity contribution in [2.24, 2.45) is 0 Å². The van der Waals surface area contributed by atoms with Crippen molar-refractivity contribution in [3.8, 4) is 0 Å². The SMILES string of the molecule is OC1CC(C(F)(F)F)NC(C(F)(F)F)C1. The molecule has 1 saturated heterocycles. The summed E-state index contributed by atoms with van der Waals surface area (Å²) < 4.78 is 72.8. The minimum absolute atomic E-state index is 0.740. The molecule has 90 valence electrons. The van der Waals surface area contributed by atoms with E-state index >= 15 is 0 Å². The zero-order valence-corrected chi connectivity index (χ0v) is 7.36. The number of alkyl halides is 6. The van der Waals surface area contributed by atoms with Gasteiger partial charge in [0.1, 0.15) is 12.1 Å². The van der Waals surface area contributed by atoms with E-state index in [2.05, 4.69) is 0 Å². The van der Waals surface area contributed by atoms with Crippen LogP contribution in [0.3, 0.4) is 0 Å². The minimum atomic E-state index is -4.77. The van der Waals surface area contributed by atoms with E-state index in [1.54, 1.807) is 0 Å². The largest absolute Gasteiger partial charge is 0.403 e. The maximum absolute atomic E-state index is 12.1. The Balaban J connectivity index is 2.73. The molecule has 0 radical (unpaired) electrons. The molecule has 0 amide bonds. The Bertz CT molecular complexity index is 203. The van der Waals surface area contributed by atoms with Crippen LogP contribution in [0.1, 0.15) is 12.8 Å². The van der Waals surface area contributed by atoms with Crippen molar-refractivity contribution in [3.63, 3.8) is 0 Å². The van der Waals surface area contributed by atoms with E-state index in [1.165, 1.54) is 5.32 Å². The predicted molar refractivity (Wildman–Crippen MR) is 38.1 cm³/mol. The lowest BCUT2D eigenvalue weighted by Crippen LogP contribution is -2.58. The second-order valence-electron chi connectivity index (χ2n) is 3.48. The van der Waals surface area contributed by atoms with Gasteiger partial charge in [0.25, 0.3) is 0 Å². The molecule has 0 spiro atoms. The van der Waals surface area contributed by atoms with Crippen molar-refractivity contribution in [2.45, 2.75) is 43.4 Å². The Morgan fingerprint density at radius 3 is 1.47 bits per heavy atom. The van der Waals surface area contributed by atoms with Crippen LogP contribution in [-0.2, 0) is 0 Å². The summed E-state index contributed by atoms with van der Waals surface area (Å²) in [5.74, 6) is 0. The van der Waals surface area contributed by atoms with Gasteiger partial charge in [-0.1, -0.05) is 0 Å². The molecule has 0 aromatic carbocycles. The zero-order chi connectivity index (χ0) is 11.9. The summed E-state index contributed by atoms with van der Waals surface area (Å²) in [4.78, 5) is 0. The first-order valence-corrected chi connectivity index (χ1v) is 4.18. The highest BCUT2D eigenvalue weighted by atomic mass is 19.4. The number of halogens is 6. The third-order valence-corrected chi connectivity index (χ3v) is 2.21. The Labute approximate surface area is 81.3 Å². The van der Waals surface area contributed by atoms with E-state index in [9.17, 15) is 26.3 Å². The van der Waals surface area contributed by atoms with Crippen LogP contribution in [0.4, 0.5) is 26.3 Å². The number of nitrogens with one attached hydrogen (secondary N) is 1. The lowest BCUT2D eigenvalue weighted by atomic mass is 9.95. The summed E-state index contributed by atoms with van der Waals surface area (Å²) in [6.45, 7) is 0. The highest BCUT2D eigenvalue weighted by Gasteiger charge is 2.51. The Hall–Kier alpha value is -0.500. The van der Waals surface area contributed by atoms with Crippen LogP contribution in [-0.4, -0.2) is 35.6 Å². The fraction of sp³-hybridized carbons (Fsp3) is 1.00. The lowest BCUT2D eigenvalue weighted by molar-refractivity contribution is -0.207. The summed E-state index contributed by atoms with van der Waals surface area (Å²) >= 11 is 0. The maximum atomic E-state index is 12.1. The highest BCUT2D eigenvalue weighted by Crippen LogP contribution is 2.33. The van der Waals surface area contributed by atoms with Crippen molar-refractivity contribution in [1.82, 2.24) is 5.32 Å². The van der Waals surface area contributed by atoms with E-state index in [4.69, 9.17) is 5.11 Å². The molecular weight excluding hydrogens is 228 g/mol. The smallest absolute Gasteiger partial charge is 0.393 e. The predicted octanol–water partition coefficient (Wildman–Crippen LogP) is 1.59. The molecular formula is C7H9F6NO. The quantitative estimate of drug-likeness (QED) is 0.627. The van der Waals surface area contributed by atoms with E-state index in [0.29, 0.717) is 0 Å². The number of rotatable bonds is 0. The van der Waals surface area contributed by atoms with E-state index in [1.807, 2.05) is 0 Å². The summed E-state index contributed by atoms with van der Waals surface area (Å²) in [7, 11) is 0. The van der Waals surface area contributed by atoms with Gasteiger partial charge in [0.2, 0.25) is 0 Å². The van der Waals surface area contributed by atoms with Gasteiger partial charge in [-0.15, -0.1) is 0 Å². The molecule has 2 atom stereocenters. The fourth-order valence-corrected chi connectivity index (χ4v) is 1.48. The van der Waals surface area contributed by atoms with Gasteiger partial charge in [-0.25, -0.2) is 0 Å². The van der Waals surface area contributed by atoms with Gasteiger partial charge >= 0.3 is 12.4 Å². The number of aliphatic hydroxyl groups excluding tert-OH is 1. The third kappa shape index (κ3) is 3.23. The molecule has 1 rings (SSSR count). The molecule has 0 bridgehead atoms.